The molecule has 0 bridgehead atoms. The minimum absolute atomic E-state index is 0.0523. The van der Waals surface area contributed by atoms with E-state index in [1.165, 1.54) is 17.0 Å². The first-order chi connectivity index (χ1) is 14.7. The molecule has 164 valence electrons. The van der Waals surface area contributed by atoms with Crippen LogP contribution in [0.5, 0.6) is 0 Å². The SMILES string of the molecule is O=C1CCN(CCC(=O)N2CC(c3nc(-c4cccc(C(F)(F)F)c4)no3)C2)C(=O)N1. The Morgan fingerprint density at radius 2 is 2.03 bits per heavy atom. The van der Waals surface area contributed by atoms with Gasteiger partial charge in [-0.25, -0.2) is 4.79 Å². The van der Waals surface area contributed by atoms with E-state index in [1.54, 1.807) is 4.90 Å². The number of halogens is 3. The Balaban J connectivity index is 1.30. The summed E-state index contributed by atoms with van der Waals surface area (Å²) in [6, 6.07) is 4.15. The molecule has 4 rings (SSSR count). The fraction of sp³-hybridized carbons (Fsp3) is 0.421. The van der Waals surface area contributed by atoms with Gasteiger partial charge in [0.25, 0.3) is 0 Å². The van der Waals surface area contributed by atoms with Gasteiger partial charge in [0.05, 0.1) is 11.5 Å². The lowest BCUT2D eigenvalue weighted by Gasteiger charge is -2.37. The summed E-state index contributed by atoms with van der Waals surface area (Å²) in [5.41, 5.74) is -0.612. The Morgan fingerprint density at radius 3 is 2.74 bits per heavy atom. The molecule has 3 heterocycles. The van der Waals surface area contributed by atoms with Crippen LogP contribution in [0.4, 0.5) is 18.0 Å². The summed E-state index contributed by atoms with van der Waals surface area (Å²) in [6.45, 7) is 1.17. The lowest BCUT2D eigenvalue weighted by atomic mass is 9.99. The van der Waals surface area contributed by atoms with Gasteiger partial charge in [0.2, 0.25) is 23.5 Å². The molecule has 0 spiro atoms. The highest BCUT2D eigenvalue weighted by molar-refractivity contribution is 5.96. The zero-order valence-corrected chi connectivity index (χ0v) is 16.2. The Bertz CT molecular complexity index is 1020. The van der Waals surface area contributed by atoms with Crippen molar-refractivity contribution in [1.82, 2.24) is 25.3 Å². The van der Waals surface area contributed by atoms with Crippen molar-refractivity contribution < 1.29 is 32.1 Å². The summed E-state index contributed by atoms with van der Waals surface area (Å²) in [4.78, 5) is 42.3. The van der Waals surface area contributed by atoms with Crippen molar-refractivity contribution in [3.8, 4) is 11.4 Å². The largest absolute Gasteiger partial charge is 0.416 e. The van der Waals surface area contributed by atoms with E-state index in [-0.39, 0.29) is 60.9 Å². The van der Waals surface area contributed by atoms with Crippen LogP contribution in [0.15, 0.2) is 28.8 Å². The topological polar surface area (TPSA) is 109 Å². The van der Waals surface area contributed by atoms with Crippen LogP contribution < -0.4 is 5.32 Å². The number of urea groups is 1. The third-order valence-electron chi connectivity index (χ3n) is 5.21. The molecule has 9 nitrogen and oxygen atoms in total. The number of rotatable bonds is 5. The molecule has 2 aliphatic heterocycles. The van der Waals surface area contributed by atoms with Crippen LogP contribution in [0.3, 0.4) is 0 Å². The van der Waals surface area contributed by atoms with Crippen LogP contribution in [-0.2, 0) is 15.8 Å². The summed E-state index contributed by atoms with van der Waals surface area (Å²) < 4.78 is 43.8. The Hall–Kier alpha value is -3.44. The predicted molar refractivity (Wildman–Crippen MR) is 98.4 cm³/mol. The summed E-state index contributed by atoms with van der Waals surface area (Å²) >= 11 is 0. The maximum Gasteiger partial charge on any atom is 0.416 e. The smallest absolute Gasteiger partial charge is 0.341 e. The fourth-order valence-electron chi connectivity index (χ4n) is 3.39. The highest BCUT2D eigenvalue weighted by atomic mass is 19.4. The van der Waals surface area contributed by atoms with Gasteiger partial charge in [-0.15, -0.1) is 0 Å². The number of benzene rings is 1. The van der Waals surface area contributed by atoms with E-state index in [4.69, 9.17) is 4.52 Å². The molecule has 0 radical (unpaired) electrons. The highest BCUT2D eigenvalue weighted by Gasteiger charge is 2.36. The number of nitrogens with one attached hydrogen (secondary N) is 1. The van der Waals surface area contributed by atoms with Gasteiger partial charge in [-0.3, -0.25) is 14.9 Å². The number of carbonyl (C=O) groups excluding carboxylic acids is 3. The Kier molecular flexibility index (Phi) is 5.38. The first-order valence-corrected chi connectivity index (χ1v) is 9.58. The maximum absolute atomic E-state index is 12.9. The second-order valence-corrected chi connectivity index (χ2v) is 7.37. The first kappa shape index (κ1) is 20.8. The highest BCUT2D eigenvalue weighted by Crippen LogP contribution is 2.32. The molecule has 0 unspecified atom stereocenters. The molecule has 2 fully saturated rings. The van der Waals surface area contributed by atoms with E-state index < -0.39 is 17.8 Å². The molecule has 2 saturated heterocycles. The van der Waals surface area contributed by atoms with E-state index in [0.717, 1.165) is 12.1 Å². The molecular weight excluding hydrogens is 419 g/mol. The van der Waals surface area contributed by atoms with Crippen molar-refractivity contribution >= 4 is 17.8 Å². The summed E-state index contributed by atoms with van der Waals surface area (Å²) in [6.07, 6.45) is -4.15. The lowest BCUT2D eigenvalue weighted by Crippen LogP contribution is -2.52. The van der Waals surface area contributed by atoms with Gasteiger partial charge in [-0.1, -0.05) is 17.3 Å². The van der Waals surface area contributed by atoms with Crippen LogP contribution in [0.2, 0.25) is 0 Å². The van der Waals surface area contributed by atoms with E-state index >= 15 is 0 Å². The molecule has 1 N–H and O–H groups in total. The van der Waals surface area contributed by atoms with Gasteiger partial charge < -0.3 is 14.3 Å². The minimum Gasteiger partial charge on any atom is -0.341 e. The van der Waals surface area contributed by atoms with E-state index in [1.807, 2.05) is 0 Å². The molecule has 2 aliphatic rings. The van der Waals surface area contributed by atoms with Gasteiger partial charge in [-0.05, 0) is 12.1 Å². The second-order valence-electron chi connectivity index (χ2n) is 7.37. The van der Waals surface area contributed by atoms with Crippen molar-refractivity contribution in [2.75, 3.05) is 26.2 Å². The third-order valence-corrected chi connectivity index (χ3v) is 5.21. The number of alkyl halides is 3. The van der Waals surface area contributed by atoms with E-state index in [9.17, 15) is 27.6 Å². The van der Waals surface area contributed by atoms with Gasteiger partial charge in [0.15, 0.2) is 0 Å². The number of hydrogen-bond acceptors (Lipinski definition) is 6. The first-order valence-electron chi connectivity index (χ1n) is 9.58. The third kappa shape index (κ3) is 4.52. The average molecular weight is 437 g/mol. The standard InChI is InChI=1S/C19H18F3N5O4/c20-19(21,22)13-3-1-2-11(8-13)16-24-17(31-25-16)12-9-27(10-12)15(29)5-7-26-6-4-14(28)23-18(26)30/h1-3,8,12H,4-7,9-10H2,(H,23,28,30). The number of imide groups is 1. The quantitative estimate of drug-likeness (QED) is 0.767. The molecule has 12 heteroatoms. The van der Waals surface area contributed by atoms with Gasteiger partial charge in [0, 0.05) is 44.6 Å². The molecule has 0 atom stereocenters. The van der Waals surface area contributed by atoms with Gasteiger partial charge in [-0.2, -0.15) is 18.2 Å². The van der Waals surface area contributed by atoms with E-state index in [2.05, 4.69) is 15.5 Å². The van der Waals surface area contributed by atoms with Gasteiger partial charge >= 0.3 is 12.2 Å². The molecule has 4 amide bonds. The number of amides is 4. The average Bonchev–Trinajstić information content (AvgIpc) is 3.15. The number of carbonyl (C=O) groups is 3. The molecule has 1 aromatic carbocycles. The lowest BCUT2D eigenvalue weighted by molar-refractivity contribution is -0.138. The summed E-state index contributed by atoms with van der Waals surface area (Å²) in [7, 11) is 0. The van der Waals surface area contributed by atoms with E-state index in [0.29, 0.717) is 13.1 Å². The molecule has 1 aromatic heterocycles. The zero-order chi connectivity index (χ0) is 22.2. The Morgan fingerprint density at radius 1 is 1.26 bits per heavy atom. The van der Waals surface area contributed by atoms with Gasteiger partial charge in [0.1, 0.15) is 0 Å². The van der Waals surface area contributed by atoms with Crippen LogP contribution in [0.1, 0.15) is 30.2 Å². The Labute approximate surface area is 174 Å². The van der Waals surface area contributed by atoms with Crippen molar-refractivity contribution in [1.29, 1.82) is 0 Å². The molecule has 31 heavy (non-hydrogen) atoms. The normalized spacial score (nSPS) is 17.5. The molecule has 0 saturated carbocycles. The minimum atomic E-state index is -4.47. The predicted octanol–water partition coefficient (Wildman–Crippen LogP) is 2.01. The van der Waals surface area contributed by atoms with Crippen molar-refractivity contribution in [2.24, 2.45) is 0 Å². The van der Waals surface area contributed by atoms with Crippen LogP contribution in [-0.4, -0.2) is 64.0 Å². The number of aromatic nitrogens is 2. The molecular formula is C19H18F3N5O4. The van der Waals surface area contributed by atoms with Crippen molar-refractivity contribution in [3.63, 3.8) is 0 Å². The van der Waals surface area contributed by atoms with Crippen LogP contribution in [0.25, 0.3) is 11.4 Å². The molecule has 2 aromatic rings. The molecule has 0 aliphatic carbocycles. The summed E-state index contributed by atoms with van der Waals surface area (Å²) in [5.74, 6) is -0.380. The van der Waals surface area contributed by atoms with Crippen molar-refractivity contribution in [3.05, 3.63) is 35.7 Å². The number of nitrogens with zero attached hydrogens (tertiary/aromatic N) is 4. The maximum atomic E-state index is 12.9. The van der Waals surface area contributed by atoms with Crippen molar-refractivity contribution in [2.45, 2.75) is 24.9 Å². The monoisotopic (exact) mass is 437 g/mol. The fourth-order valence-corrected chi connectivity index (χ4v) is 3.39. The van der Waals surface area contributed by atoms with Crippen LogP contribution in [0, 0.1) is 0 Å². The zero-order valence-electron chi connectivity index (χ0n) is 16.2. The number of hydrogen-bond donors (Lipinski definition) is 1. The second kappa shape index (κ2) is 8.00. The number of likely N-dealkylation sites (tertiary alicyclic amines) is 1. The van der Waals surface area contributed by atoms with Crippen LogP contribution >= 0.6 is 0 Å². The summed E-state index contributed by atoms with van der Waals surface area (Å²) in [5, 5.41) is 5.96.